The average Bonchev–Trinajstić information content (AvgIpc) is 2.04. The number of likely N-dealkylation sites (N-methyl/N-ethyl adjacent to an activating group) is 1. The smallest absolute Gasteiger partial charge is 0.310 e. The Kier molecular flexibility index (Phi) is 2.93. The van der Waals surface area contributed by atoms with Crippen LogP contribution in [0.3, 0.4) is 0 Å². The van der Waals surface area contributed by atoms with E-state index in [0.29, 0.717) is 13.2 Å². The van der Waals surface area contributed by atoms with Gasteiger partial charge >= 0.3 is 5.97 Å². The van der Waals surface area contributed by atoms with Gasteiger partial charge in [-0.05, 0) is 20.9 Å². The zero-order chi connectivity index (χ0) is 10.1. The summed E-state index contributed by atoms with van der Waals surface area (Å²) in [6.07, 6.45) is 0. The molecule has 0 spiro atoms. The molecule has 76 valence electrons. The molecule has 13 heavy (non-hydrogen) atoms. The number of aliphatic carboxylic acids is 1. The second-order valence-electron chi connectivity index (χ2n) is 4.10. The number of rotatable bonds is 2. The van der Waals surface area contributed by atoms with Gasteiger partial charge in [0.2, 0.25) is 0 Å². The number of nitrogens with zero attached hydrogens (tertiary/aromatic N) is 1. The summed E-state index contributed by atoms with van der Waals surface area (Å²) in [5, 5.41) is 9.03. The van der Waals surface area contributed by atoms with Gasteiger partial charge in [0, 0.05) is 12.6 Å². The van der Waals surface area contributed by atoms with Gasteiger partial charge in [-0.2, -0.15) is 0 Å². The summed E-state index contributed by atoms with van der Waals surface area (Å²) < 4.78 is 5.28. The minimum atomic E-state index is -0.769. The highest BCUT2D eigenvalue weighted by molar-refractivity contribution is 5.74. The molecule has 0 aliphatic carbocycles. The first-order valence-corrected chi connectivity index (χ1v) is 4.47. The van der Waals surface area contributed by atoms with Gasteiger partial charge in [-0.15, -0.1) is 0 Å². The molecule has 0 aromatic carbocycles. The monoisotopic (exact) mass is 187 g/mol. The lowest BCUT2D eigenvalue weighted by Gasteiger charge is -2.40. The molecule has 1 aliphatic heterocycles. The molecule has 1 saturated heterocycles. The molecule has 1 aliphatic rings. The largest absolute Gasteiger partial charge is 0.481 e. The van der Waals surface area contributed by atoms with E-state index in [0.717, 1.165) is 6.54 Å². The molecule has 0 radical (unpaired) electrons. The van der Waals surface area contributed by atoms with E-state index in [1.165, 1.54) is 0 Å². The van der Waals surface area contributed by atoms with Gasteiger partial charge in [0.15, 0.2) is 0 Å². The number of carboxylic acids is 1. The van der Waals surface area contributed by atoms with E-state index in [4.69, 9.17) is 9.84 Å². The van der Waals surface area contributed by atoms with Crippen molar-refractivity contribution in [3.8, 4) is 0 Å². The maximum Gasteiger partial charge on any atom is 0.310 e. The molecule has 1 rings (SSSR count). The molecule has 1 N–H and O–H groups in total. The third-order valence-corrected chi connectivity index (χ3v) is 2.78. The minimum absolute atomic E-state index is 0.0289. The molecule has 0 saturated carbocycles. The predicted octanol–water partition coefficient (Wildman–Crippen LogP) is 0.428. The van der Waals surface area contributed by atoms with Crippen LogP contribution in [0.15, 0.2) is 0 Å². The molecule has 1 unspecified atom stereocenters. The van der Waals surface area contributed by atoms with Crippen molar-refractivity contribution in [3.05, 3.63) is 0 Å². The fourth-order valence-electron chi connectivity index (χ4n) is 1.59. The first-order valence-electron chi connectivity index (χ1n) is 4.47. The van der Waals surface area contributed by atoms with Crippen molar-refractivity contribution in [2.24, 2.45) is 5.41 Å². The number of hydrogen-bond acceptors (Lipinski definition) is 3. The van der Waals surface area contributed by atoms with E-state index in [2.05, 4.69) is 4.90 Å². The molecule has 4 heteroatoms. The van der Waals surface area contributed by atoms with Crippen LogP contribution in [0.2, 0.25) is 0 Å². The van der Waals surface area contributed by atoms with E-state index in [1.807, 2.05) is 7.05 Å². The van der Waals surface area contributed by atoms with Gasteiger partial charge in [0.1, 0.15) is 0 Å². The highest BCUT2D eigenvalue weighted by atomic mass is 16.5. The van der Waals surface area contributed by atoms with Crippen molar-refractivity contribution in [2.45, 2.75) is 19.9 Å². The molecule has 4 nitrogen and oxygen atoms in total. The highest BCUT2D eigenvalue weighted by Gasteiger charge is 2.40. The number of hydrogen-bond donors (Lipinski definition) is 1. The first kappa shape index (κ1) is 10.5. The number of carbonyl (C=O) groups is 1. The Hall–Kier alpha value is -0.610. The lowest BCUT2D eigenvalue weighted by Crippen LogP contribution is -2.53. The Morgan fingerprint density at radius 3 is 2.69 bits per heavy atom. The van der Waals surface area contributed by atoms with Crippen LogP contribution >= 0.6 is 0 Å². The van der Waals surface area contributed by atoms with Crippen LogP contribution in [-0.4, -0.2) is 48.8 Å². The Labute approximate surface area is 78.5 Å². The summed E-state index contributed by atoms with van der Waals surface area (Å²) in [6.45, 7) is 5.50. The fourth-order valence-corrected chi connectivity index (χ4v) is 1.59. The van der Waals surface area contributed by atoms with Gasteiger partial charge < -0.3 is 9.84 Å². The fraction of sp³-hybridized carbons (Fsp3) is 0.889. The molecule has 0 amide bonds. The van der Waals surface area contributed by atoms with Gasteiger partial charge in [0.25, 0.3) is 0 Å². The summed E-state index contributed by atoms with van der Waals surface area (Å²) in [4.78, 5) is 13.0. The van der Waals surface area contributed by atoms with Gasteiger partial charge in [-0.3, -0.25) is 9.69 Å². The molecular weight excluding hydrogens is 170 g/mol. The van der Waals surface area contributed by atoms with Crippen LogP contribution in [0.1, 0.15) is 13.8 Å². The topological polar surface area (TPSA) is 49.8 Å². The normalized spacial score (nSPS) is 25.9. The second-order valence-corrected chi connectivity index (χ2v) is 4.10. The van der Waals surface area contributed by atoms with E-state index in [1.54, 1.807) is 13.8 Å². The van der Waals surface area contributed by atoms with Gasteiger partial charge in [-0.1, -0.05) is 0 Å². The number of morpholine rings is 1. The first-order chi connectivity index (χ1) is 5.96. The van der Waals surface area contributed by atoms with Crippen LogP contribution in [0.5, 0.6) is 0 Å². The summed E-state index contributed by atoms with van der Waals surface area (Å²) in [5.74, 6) is -0.769. The Bertz CT molecular complexity index is 203. The van der Waals surface area contributed by atoms with Crippen LogP contribution in [0, 0.1) is 5.41 Å². The van der Waals surface area contributed by atoms with E-state index >= 15 is 0 Å². The van der Waals surface area contributed by atoms with Crippen LogP contribution in [0.4, 0.5) is 0 Å². The number of ether oxygens (including phenoxy) is 1. The third kappa shape index (κ3) is 2.00. The van der Waals surface area contributed by atoms with E-state index in [-0.39, 0.29) is 6.04 Å². The standard InChI is InChI=1S/C9H17NO3/c1-9(2,8(11)12)7-6-13-5-4-10(7)3/h7H,4-6H2,1-3H3,(H,11,12). The number of carboxylic acid groups (broad SMARTS) is 1. The quantitative estimate of drug-likeness (QED) is 0.681. The molecule has 0 aromatic rings. The maximum absolute atomic E-state index is 11.0. The third-order valence-electron chi connectivity index (χ3n) is 2.78. The maximum atomic E-state index is 11.0. The van der Waals surface area contributed by atoms with Crippen LogP contribution in [-0.2, 0) is 9.53 Å². The second kappa shape index (κ2) is 3.64. The zero-order valence-electron chi connectivity index (χ0n) is 8.41. The highest BCUT2D eigenvalue weighted by Crippen LogP contribution is 2.26. The molecule has 1 fully saturated rings. The van der Waals surface area contributed by atoms with Crippen molar-refractivity contribution in [3.63, 3.8) is 0 Å². The predicted molar refractivity (Wildman–Crippen MR) is 48.7 cm³/mol. The lowest BCUT2D eigenvalue weighted by molar-refractivity contribution is -0.155. The summed E-state index contributed by atoms with van der Waals surface area (Å²) >= 11 is 0. The van der Waals surface area contributed by atoms with Crippen molar-refractivity contribution < 1.29 is 14.6 Å². The Morgan fingerprint density at radius 2 is 2.23 bits per heavy atom. The van der Waals surface area contributed by atoms with Crippen molar-refractivity contribution >= 4 is 5.97 Å². The zero-order valence-corrected chi connectivity index (χ0v) is 8.41. The Morgan fingerprint density at radius 1 is 1.62 bits per heavy atom. The van der Waals surface area contributed by atoms with E-state index in [9.17, 15) is 4.79 Å². The van der Waals surface area contributed by atoms with Crippen LogP contribution in [0.25, 0.3) is 0 Å². The van der Waals surface area contributed by atoms with Crippen molar-refractivity contribution in [1.82, 2.24) is 4.90 Å². The SMILES string of the molecule is CN1CCOCC1C(C)(C)C(=O)O. The van der Waals surface area contributed by atoms with Gasteiger partial charge in [0.05, 0.1) is 18.6 Å². The minimum Gasteiger partial charge on any atom is -0.481 e. The molecule has 1 heterocycles. The molecule has 0 bridgehead atoms. The molecule has 0 aromatic heterocycles. The lowest BCUT2D eigenvalue weighted by atomic mass is 9.83. The molecular formula is C9H17NO3. The van der Waals surface area contributed by atoms with Crippen LogP contribution < -0.4 is 0 Å². The van der Waals surface area contributed by atoms with Gasteiger partial charge in [-0.25, -0.2) is 0 Å². The van der Waals surface area contributed by atoms with E-state index < -0.39 is 11.4 Å². The van der Waals surface area contributed by atoms with Crippen molar-refractivity contribution in [2.75, 3.05) is 26.8 Å². The summed E-state index contributed by atoms with van der Waals surface area (Å²) in [6, 6.07) is -0.0289. The summed E-state index contributed by atoms with van der Waals surface area (Å²) in [5.41, 5.74) is -0.741. The average molecular weight is 187 g/mol. The summed E-state index contributed by atoms with van der Waals surface area (Å²) in [7, 11) is 1.94. The molecule has 1 atom stereocenters. The van der Waals surface area contributed by atoms with Crippen molar-refractivity contribution in [1.29, 1.82) is 0 Å². The Balaban J connectivity index is 2.73.